The molecule has 1 aromatic rings. The zero-order valence-electron chi connectivity index (χ0n) is 13.2. The maximum absolute atomic E-state index is 12.0. The van der Waals surface area contributed by atoms with Crippen LogP contribution in [0.2, 0.25) is 0 Å². The molecule has 0 radical (unpaired) electrons. The van der Waals surface area contributed by atoms with E-state index in [0.717, 1.165) is 17.1 Å². The van der Waals surface area contributed by atoms with Gasteiger partial charge in [-0.05, 0) is 40.7 Å². The summed E-state index contributed by atoms with van der Waals surface area (Å²) >= 11 is 1.62. The lowest BCUT2D eigenvalue weighted by Gasteiger charge is -2.23. The van der Waals surface area contributed by atoms with Gasteiger partial charge in [0.1, 0.15) is 5.75 Å². The third-order valence-corrected chi connectivity index (χ3v) is 3.98. The average molecular weight is 295 g/mol. The van der Waals surface area contributed by atoms with E-state index in [4.69, 9.17) is 4.74 Å². The van der Waals surface area contributed by atoms with Crippen molar-refractivity contribution in [3.05, 3.63) is 29.3 Å². The Morgan fingerprint density at radius 3 is 2.60 bits per heavy atom. The number of ether oxygens (including phenoxy) is 1. The number of thioether (sulfide) groups is 1. The molecular weight excluding hydrogens is 270 g/mol. The molecule has 4 heteroatoms. The van der Waals surface area contributed by atoms with Crippen LogP contribution in [0.3, 0.4) is 0 Å². The van der Waals surface area contributed by atoms with Crippen molar-refractivity contribution in [2.75, 3.05) is 7.11 Å². The molecule has 0 aromatic heterocycles. The maximum atomic E-state index is 12.0. The summed E-state index contributed by atoms with van der Waals surface area (Å²) in [6.07, 6.45) is 0. The number of carbonyl (C=O) groups excluding carboxylic acids is 1. The van der Waals surface area contributed by atoms with Gasteiger partial charge in [0.15, 0.2) is 0 Å². The van der Waals surface area contributed by atoms with Crippen molar-refractivity contribution in [3.8, 4) is 5.75 Å². The summed E-state index contributed by atoms with van der Waals surface area (Å²) in [5, 5.41) is 2.92. The van der Waals surface area contributed by atoms with E-state index < -0.39 is 0 Å². The van der Waals surface area contributed by atoms with E-state index in [-0.39, 0.29) is 16.7 Å². The van der Waals surface area contributed by atoms with Gasteiger partial charge < -0.3 is 10.1 Å². The van der Waals surface area contributed by atoms with E-state index in [9.17, 15) is 4.79 Å². The molecule has 20 heavy (non-hydrogen) atoms. The van der Waals surface area contributed by atoms with Crippen LogP contribution in [0.1, 0.15) is 38.8 Å². The van der Waals surface area contributed by atoms with Gasteiger partial charge in [-0.2, -0.15) is 0 Å². The van der Waals surface area contributed by atoms with Gasteiger partial charge in [0.25, 0.3) is 0 Å². The van der Waals surface area contributed by atoms with Crippen LogP contribution in [0.25, 0.3) is 0 Å². The van der Waals surface area contributed by atoms with Gasteiger partial charge in [0.05, 0.1) is 12.4 Å². The number of carbonyl (C=O) groups is 1. The molecule has 0 saturated heterocycles. The number of hydrogen-bond donors (Lipinski definition) is 1. The van der Waals surface area contributed by atoms with Gasteiger partial charge in [-0.25, -0.2) is 0 Å². The predicted octanol–water partition coefficient (Wildman–Crippen LogP) is 3.54. The third kappa shape index (κ3) is 5.45. The van der Waals surface area contributed by atoms with Crippen LogP contribution in [-0.2, 0) is 10.5 Å². The molecular formula is C16H25NO2S. The number of aryl methyl sites for hydroxylation is 1. The highest BCUT2D eigenvalue weighted by Crippen LogP contribution is 2.26. The number of nitrogens with one attached hydrogen (secondary N) is 1. The summed E-state index contributed by atoms with van der Waals surface area (Å²) in [6, 6.07) is 6.12. The van der Waals surface area contributed by atoms with Crippen molar-refractivity contribution in [1.29, 1.82) is 0 Å². The van der Waals surface area contributed by atoms with Crippen LogP contribution < -0.4 is 10.1 Å². The van der Waals surface area contributed by atoms with Gasteiger partial charge in [0, 0.05) is 16.9 Å². The van der Waals surface area contributed by atoms with Crippen LogP contribution in [0.15, 0.2) is 18.2 Å². The molecule has 0 aliphatic carbocycles. The van der Waals surface area contributed by atoms with E-state index in [2.05, 4.69) is 18.3 Å². The monoisotopic (exact) mass is 295 g/mol. The Bertz CT molecular complexity index is 466. The van der Waals surface area contributed by atoms with Crippen molar-refractivity contribution < 1.29 is 9.53 Å². The smallest absolute Gasteiger partial charge is 0.233 e. The molecule has 1 unspecified atom stereocenters. The molecule has 0 saturated carbocycles. The Labute approximate surface area is 126 Å². The summed E-state index contributed by atoms with van der Waals surface area (Å²) in [5.41, 5.74) is 2.15. The molecule has 1 rings (SSSR count). The molecule has 1 atom stereocenters. The van der Waals surface area contributed by atoms with Gasteiger partial charge in [-0.1, -0.05) is 17.7 Å². The Morgan fingerprint density at radius 1 is 1.40 bits per heavy atom. The average Bonchev–Trinajstić information content (AvgIpc) is 2.34. The molecule has 1 aromatic carbocycles. The molecule has 0 aliphatic heterocycles. The molecule has 1 N–H and O–H groups in total. The first-order chi connectivity index (χ1) is 9.23. The van der Waals surface area contributed by atoms with E-state index in [1.54, 1.807) is 18.9 Å². The second-order valence-corrected chi connectivity index (χ2v) is 7.34. The highest BCUT2D eigenvalue weighted by molar-refractivity contribution is 7.99. The Morgan fingerprint density at radius 2 is 2.05 bits per heavy atom. The number of rotatable bonds is 5. The zero-order chi connectivity index (χ0) is 15.3. The van der Waals surface area contributed by atoms with E-state index in [1.165, 1.54) is 5.56 Å². The lowest BCUT2D eigenvalue weighted by Crippen LogP contribution is -2.44. The topological polar surface area (TPSA) is 38.3 Å². The van der Waals surface area contributed by atoms with E-state index >= 15 is 0 Å². The summed E-state index contributed by atoms with van der Waals surface area (Å²) < 4.78 is 5.36. The lowest BCUT2D eigenvalue weighted by atomic mass is 10.1. The minimum atomic E-state index is -0.188. The summed E-state index contributed by atoms with van der Waals surface area (Å²) in [5.74, 6) is 1.73. The molecule has 1 amide bonds. The SMILES string of the molecule is COc1ccc(C)cc1CSC(C)C(=O)NC(C)(C)C. The van der Waals surface area contributed by atoms with Gasteiger partial charge in [-0.15, -0.1) is 11.8 Å². The Hall–Kier alpha value is -1.16. The number of amides is 1. The first kappa shape index (κ1) is 16.9. The molecule has 112 valence electrons. The fourth-order valence-corrected chi connectivity index (χ4v) is 2.65. The highest BCUT2D eigenvalue weighted by Gasteiger charge is 2.19. The standard InChI is InChI=1S/C16H25NO2S/c1-11-7-8-14(19-6)13(9-11)10-20-12(2)15(18)17-16(3,4)5/h7-9,12H,10H2,1-6H3,(H,17,18). The molecule has 3 nitrogen and oxygen atoms in total. The van der Waals surface area contributed by atoms with Gasteiger partial charge in [0.2, 0.25) is 5.91 Å². The molecule has 0 fully saturated rings. The highest BCUT2D eigenvalue weighted by atomic mass is 32.2. The second kappa shape index (κ2) is 7.02. The van der Waals surface area contributed by atoms with Crippen molar-refractivity contribution in [1.82, 2.24) is 5.32 Å². The first-order valence-electron chi connectivity index (χ1n) is 6.80. The van der Waals surface area contributed by atoms with Crippen molar-refractivity contribution in [2.24, 2.45) is 0 Å². The largest absolute Gasteiger partial charge is 0.496 e. The van der Waals surface area contributed by atoms with Crippen molar-refractivity contribution in [3.63, 3.8) is 0 Å². The molecule has 0 bridgehead atoms. The van der Waals surface area contributed by atoms with E-state index in [1.807, 2.05) is 39.8 Å². The van der Waals surface area contributed by atoms with Gasteiger partial charge >= 0.3 is 0 Å². The van der Waals surface area contributed by atoms with Crippen LogP contribution in [-0.4, -0.2) is 23.8 Å². The van der Waals surface area contributed by atoms with Gasteiger partial charge in [-0.3, -0.25) is 4.79 Å². The fraction of sp³-hybridized carbons (Fsp3) is 0.562. The zero-order valence-corrected chi connectivity index (χ0v) is 14.1. The molecule has 0 aliphatic rings. The Balaban J connectivity index is 2.63. The summed E-state index contributed by atoms with van der Waals surface area (Å²) in [4.78, 5) is 12.0. The first-order valence-corrected chi connectivity index (χ1v) is 7.85. The fourth-order valence-electron chi connectivity index (χ4n) is 1.78. The second-order valence-electron chi connectivity index (χ2n) is 6.01. The van der Waals surface area contributed by atoms with Crippen LogP contribution in [0, 0.1) is 6.92 Å². The quantitative estimate of drug-likeness (QED) is 0.903. The van der Waals surface area contributed by atoms with Crippen molar-refractivity contribution in [2.45, 2.75) is 51.2 Å². The summed E-state index contributed by atoms with van der Waals surface area (Å²) in [6.45, 7) is 9.97. The Kier molecular flexibility index (Phi) is 5.93. The van der Waals surface area contributed by atoms with Crippen LogP contribution in [0.4, 0.5) is 0 Å². The number of methoxy groups -OCH3 is 1. The minimum Gasteiger partial charge on any atom is -0.496 e. The predicted molar refractivity (Wildman–Crippen MR) is 86.4 cm³/mol. The normalized spacial score (nSPS) is 12.9. The molecule has 0 spiro atoms. The number of hydrogen-bond acceptors (Lipinski definition) is 3. The number of benzene rings is 1. The third-order valence-electron chi connectivity index (χ3n) is 2.79. The molecule has 0 heterocycles. The van der Waals surface area contributed by atoms with Crippen LogP contribution in [0.5, 0.6) is 5.75 Å². The van der Waals surface area contributed by atoms with Crippen LogP contribution >= 0.6 is 11.8 Å². The van der Waals surface area contributed by atoms with Crippen molar-refractivity contribution >= 4 is 17.7 Å². The maximum Gasteiger partial charge on any atom is 0.233 e. The van der Waals surface area contributed by atoms with E-state index in [0.29, 0.717) is 0 Å². The summed E-state index contributed by atoms with van der Waals surface area (Å²) in [7, 11) is 1.68. The lowest BCUT2D eigenvalue weighted by molar-refractivity contribution is -0.121. The minimum absolute atomic E-state index is 0.0779.